The van der Waals surface area contributed by atoms with E-state index in [1.165, 1.54) is 0 Å². The molecule has 0 saturated carbocycles. The van der Waals surface area contributed by atoms with Crippen molar-refractivity contribution in [1.29, 1.82) is 0 Å². The Hall–Kier alpha value is 0.156. The van der Waals surface area contributed by atoms with Crippen molar-refractivity contribution < 1.29 is 17.2 Å². The fraction of sp³-hybridized carbons (Fsp3) is 0.455. The number of benzene rings is 1. The summed E-state index contributed by atoms with van der Waals surface area (Å²) in [6.45, 7) is 3.90. The predicted molar refractivity (Wildman–Crippen MR) is 62.6 cm³/mol. The maximum atomic E-state index is 11.5. The van der Waals surface area contributed by atoms with Crippen molar-refractivity contribution >= 4 is 23.1 Å². The monoisotopic (exact) mass is 253 g/mol. The van der Waals surface area contributed by atoms with Gasteiger partial charge in [-0.2, -0.15) is 0 Å². The molecule has 0 fully saturated rings. The molecule has 0 aliphatic carbocycles. The van der Waals surface area contributed by atoms with Crippen molar-refractivity contribution in [2.75, 3.05) is 6.54 Å². The summed E-state index contributed by atoms with van der Waals surface area (Å²) in [6.07, 6.45) is 0. The van der Waals surface area contributed by atoms with E-state index in [9.17, 15) is 10.4 Å². The van der Waals surface area contributed by atoms with Gasteiger partial charge in [0, 0.05) is 11.5 Å². The molecule has 0 atom stereocenters. The largest absolute Gasteiger partial charge is 2.00 e. The van der Waals surface area contributed by atoms with E-state index in [4.69, 9.17) is 0 Å². The summed E-state index contributed by atoms with van der Waals surface area (Å²) in [5.74, 6) is 0.133. The van der Waals surface area contributed by atoms with E-state index < -0.39 is 4.81 Å². The maximum absolute atomic E-state index is 11.5. The Morgan fingerprint density at radius 1 is 1.12 bits per heavy atom. The van der Waals surface area contributed by atoms with Crippen LogP contribution in [-0.2, 0) is 6.54 Å². The van der Waals surface area contributed by atoms with E-state index in [0.717, 1.165) is 5.56 Å². The second-order valence-corrected chi connectivity index (χ2v) is 4.03. The van der Waals surface area contributed by atoms with Gasteiger partial charge >= 0.3 is 23.1 Å². The Kier molecular flexibility index (Phi) is 9.58. The normalized spacial score (nSPS) is 10.6. The number of hydrogen-bond acceptors (Lipinski definition) is 2. The molecular weight excluding hydrogens is 238 g/mol. The van der Waals surface area contributed by atoms with E-state index in [1.807, 2.05) is 44.2 Å². The van der Waals surface area contributed by atoms with Crippen LogP contribution in [0.2, 0.25) is 0 Å². The fourth-order valence-corrected chi connectivity index (χ4v) is 1.48. The zero-order chi connectivity index (χ0) is 10.6. The SMILES string of the molecule is CC(C)C[N+]([O-])([O-])Cc1ccccc1.[Cl-].[Mg+2]. The van der Waals surface area contributed by atoms with Crippen LogP contribution < -0.4 is 12.4 Å². The molecule has 3 nitrogen and oxygen atoms in total. The first-order valence-electron chi connectivity index (χ1n) is 4.82. The van der Waals surface area contributed by atoms with Gasteiger partial charge in [0.05, 0.1) is 6.54 Å². The Bertz CT molecular complexity index is 281. The molecular formula is C11H16ClMgNO2. The average molecular weight is 254 g/mol. The van der Waals surface area contributed by atoms with Crippen LogP contribution in [0.5, 0.6) is 0 Å². The zero-order valence-electron chi connectivity index (χ0n) is 9.73. The van der Waals surface area contributed by atoms with Crippen molar-refractivity contribution in [3.63, 3.8) is 0 Å². The predicted octanol–water partition coefficient (Wildman–Crippen LogP) is -0.722. The molecule has 0 heterocycles. The molecule has 0 radical (unpaired) electrons. The van der Waals surface area contributed by atoms with Crippen LogP contribution in [0, 0.1) is 16.3 Å². The van der Waals surface area contributed by atoms with Crippen molar-refractivity contribution in [1.82, 2.24) is 0 Å². The van der Waals surface area contributed by atoms with Gasteiger partial charge in [-0.25, -0.2) is 0 Å². The van der Waals surface area contributed by atoms with E-state index in [2.05, 4.69) is 0 Å². The summed E-state index contributed by atoms with van der Waals surface area (Å²) in [5, 5.41) is 22.9. The molecule has 0 saturated heterocycles. The molecule has 0 aliphatic heterocycles. The minimum atomic E-state index is -1.43. The maximum Gasteiger partial charge on any atom is 2.00 e. The molecule has 1 aromatic carbocycles. The smallest absolute Gasteiger partial charge is 1.00 e. The molecule has 0 N–H and O–H groups in total. The second kappa shape index (κ2) is 8.28. The zero-order valence-corrected chi connectivity index (χ0v) is 11.9. The summed E-state index contributed by atoms with van der Waals surface area (Å²) in [4.78, 5) is -1.43. The molecule has 0 aromatic heterocycles. The van der Waals surface area contributed by atoms with Crippen LogP contribution in [0.4, 0.5) is 0 Å². The van der Waals surface area contributed by atoms with Crippen LogP contribution >= 0.6 is 0 Å². The summed E-state index contributed by atoms with van der Waals surface area (Å²) in [7, 11) is 0. The van der Waals surface area contributed by atoms with Crippen molar-refractivity contribution in [3.8, 4) is 0 Å². The van der Waals surface area contributed by atoms with Crippen molar-refractivity contribution in [2.45, 2.75) is 20.4 Å². The van der Waals surface area contributed by atoms with Gasteiger partial charge in [-0.3, -0.25) is 0 Å². The third kappa shape index (κ3) is 7.43. The molecule has 16 heavy (non-hydrogen) atoms. The fourth-order valence-electron chi connectivity index (χ4n) is 1.48. The van der Waals surface area contributed by atoms with Crippen molar-refractivity contribution in [3.05, 3.63) is 46.3 Å². The molecule has 0 aliphatic rings. The molecule has 5 heteroatoms. The number of nitrogens with zero attached hydrogens (tertiary/aromatic N) is 1. The van der Waals surface area contributed by atoms with Gasteiger partial charge in [0.1, 0.15) is 6.54 Å². The van der Waals surface area contributed by atoms with Crippen LogP contribution in [0.1, 0.15) is 19.4 Å². The Balaban J connectivity index is 0. The first-order valence-corrected chi connectivity index (χ1v) is 4.82. The molecule has 0 bridgehead atoms. The first kappa shape index (κ1) is 18.5. The quantitative estimate of drug-likeness (QED) is 0.404. The van der Waals surface area contributed by atoms with Gasteiger partial charge in [-0.15, -0.1) is 0 Å². The number of halogens is 1. The summed E-state index contributed by atoms with van der Waals surface area (Å²) in [5.41, 5.74) is 0.804. The topological polar surface area (TPSA) is 46.1 Å². The van der Waals surface area contributed by atoms with Gasteiger partial charge in [-0.1, -0.05) is 44.2 Å². The molecule has 1 aromatic rings. The third-order valence-electron chi connectivity index (χ3n) is 1.91. The van der Waals surface area contributed by atoms with Gasteiger partial charge in [0.25, 0.3) is 0 Å². The molecule has 0 amide bonds. The summed E-state index contributed by atoms with van der Waals surface area (Å²) in [6, 6.07) is 9.16. The average Bonchev–Trinajstić information content (AvgIpc) is 2.02. The van der Waals surface area contributed by atoms with Crippen molar-refractivity contribution in [2.24, 2.45) is 5.92 Å². The minimum absolute atomic E-state index is 0. The molecule has 1 rings (SSSR count). The van der Waals surface area contributed by atoms with Gasteiger partial charge in [0.2, 0.25) is 0 Å². The van der Waals surface area contributed by atoms with Crippen LogP contribution in [0.15, 0.2) is 30.3 Å². The Morgan fingerprint density at radius 2 is 1.62 bits per heavy atom. The van der Waals surface area contributed by atoms with Crippen LogP contribution in [0.3, 0.4) is 0 Å². The molecule has 86 valence electrons. The number of quaternary nitrogens is 1. The van der Waals surface area contributed by atoms with Gasteiger partial charge in [-0.05, 0) is 0 Å². The minimum Gasteiger partial charge on any atom is -1.00 e. The van der Waals surface area contributed by atoms with Gasteiger partial charge < -0.3 is 27.6 Å². The second-order valence-electron chi connectivity index (χ2n) is 4.03. The van der Waals surface area contributed by atoms with E-state index in [0.29, 0.717) is 0 Å². The third-order valence-corrected chi connectivity index (χ3v) is 1.91. The Labute approximate surface area is 119 Å². The van der Waals surface area contributed by atoms with E-state index in [1.54, 1.807) is 0 Å². The number of hydrogen-bond donors (Lipinski definition) is 0. The summed E-state index contributed by atoms with van der Waals surface area (Å²) >= 11 is 0. The first-order chi connectivity index (χ1) is 6.49. The van der Waals surface area contributed by atoms with Crippen LogP contribution in [0.25, 0.3) is 0 Å². The number of rotatable bonds is 4. The Morgan fingerprint density at radius 3 is 2.06 bits per heavy atom. The number of hydroxylamine groups is 4. The standard InChI is InChI=1S/C11H16NO2.ClH.Mg/c1-10(2)8-12(13,14)9-11-6-4-3-5-7-11;;/h3-7,10H,8-9H2,1-2H3;1H;/q-1;;+2/p-1. The summed E-state index contributed by atoms with van der Waals surface area (Å²) < 4.78 is 0. The van der Waals surface area contributed by atoms with E-state index >= 15 is 0 Å². The van der Waals surface area contributed by atoms with E-state index in [-0.39, 0.29) is 54.5 Å². The molecule has 0 spiro atoms. The molecule has 0 unspecified atom stereocenters. The van der Waals surface area contributed by atoms with Gasteiger partial charge in [0.15, 0.2) is 0 Å². The van der Waals surface area contributed by atoms with Crippen LogP contribution in [-0.4, -0.2) is 34.4 Å².